The molecule has 4 rings (SSSR count). The molecule has 11 heteroatoms. The van der Waals surface area contributed by atoms with Crippen molar-refractivity contribution in [1.29, 1.82) is 0 Å². The first-order valence-electron chi connectivity index (χ1n) is 9.45. The van der Waals surface area contributed by atoms with Crippen molar-refractivity contribution in [2.45, 2.75) is 6.54 Å². The van der Waals surface area contributed by atoms with Crippen LogP contribution in [0.25, 0.3) is 11.4 Å². The molecule has 1 aliphatic heterocycles. The Labute approximate surface area is 181 Å². The van der Waals surface area contributed by atoms with Gasteiger partial charge in [-0.25, -0.2) is 4.39 Å². The van der Waals surface area contributed by atoms with E-state index in [2.05, 4.69) is 15.0 Å². The predicted octanol–water partition coefficient (Wildman–Crippen LogP) is 3.40. The zero-order valence-electron chi connectivity index (χ0n) is 16.2. The second-order valence-corrected chi connectivity index (χ2v) is 7.42. The maximum atomic E-state index is 13.2. The molecule has 0 bridgehead atoms. The zero-order valence-corrected chi connectivity index (χ0v) is 17.0. The molecule has 1 amide bonds. The highest BCUT2D eigenvalue weighted by Crippen LogP contribution is 2.23. The van der Waals surface area contributed by atoms with Gasteiger partial charge in [-0.2, -0.15) is 4.98 Å². The number of nitro groups is 1. The fourth-order valence-electron chi connectivity index (χ4n) is 3.33. The van der Waals surface area contributed by atoms with Gasteiger partial charge >= 0.3 is 0 Å². The highest BCUT2D eigenvalue weighted by atomic mass is 35.5. The Bertz CT molecular complexity index is 1130. The third-order valence-corrected chi connectivity index (χ3v) is 5.28. The van der Waals surface area contributed by atoms with Crippen LogP contribution in [0.15, 0.2) is 47.0 Å². The van der Waals surface area contributed by atoms with Crippen molar-refractivity contribution in [2.24, 2.45) is 0 Å². The van der Waals surface area contributed by atoms with E-state index in [1.807, 2.05) is 0 Å². The highest BCUT2D eigenvalue weighted by molar-refractivity contribution is 6.33. The molecule has 1 fully saturated rings. The smallest absolute Gasteiger partial charge is 0.270 e. The van der Waals surface area contributed by atoms with Gasteiger partial charge < -0.3 is 9.42 Å². The highest BCUT2D eigenvalue weighted by Gasteiger charge is 2.25. The van der Waals surface area contributed by atoms with Crippen LogP contribution >= 0.6 is 11.6 Å². The summed E-state index contributed by atoms with van der Waals surface area (Å²) in [6, 6.07) is 9.74. The standard InChI is InChI=1S/C20H17ClFN5O4/c21-17-11-14(22)4-5-16(17)20(28)26-8-6-25(7-9-26)12-18-23-19(24-31-18)13-2-1-3-15(10-13)27(29)30/h1-5,10-11H,6-9,12H2. The van der Waals surface area contributed by atoms with E-state index >= 15 is 0 Å². The number of hydrogen-bond acceptors (Lipinski definition) is 7. The van der Waals surface area contributed by atoms with Gasteiger partial charge in [-0.05, 0) is 18.2 Å². The minimum atomic E-state index is -0.490. The Hall–Kier alpha value is -3.37. The summed E-state index contributed by atoms with van der Waals surface area (Å²) in [6.07, 6.45) is 0. The lowest BCUT2D eigenvalue weighted by atomic mass is 10.1. The number of rotatable bonds is 5. The Kier molecular flexibility index (Phi) is 5.92. The molecule has 2 heterocycles. The summed E-state index contributed by atoms with van der Waals surface area (Å²) >= 11 is 6.00. The Morgan fingerprint density at radius 3 is 2.68 bits per heavy atom. The molecule has 0 aliphatic carbocycles. The second kappa shape index (κ2) is 8.78. The predicted molar refractivity (Wildman–Crippen MR) is 109 cm³/mol. The number of non-ortho nitro benzene ring substituents is 1. The average molecular weight is 446 g/mol. The van der Waals surface area contributed by atoms with Crippen molar-refractivity contribution in [3.63, 3.8) is 0 Å². The quantitative estimate of drug-likeness (QED) is 0.437. The summed E-state index contributed by atoms with van der Waals surface area (Å²) in [5, 5.41) is 14.9. The molecule has 0 saturated carbocycles. The minimum absolute atomic E-state index is 0.0501. The lowest BCUT2D eigenvalue weighted by molar-refractivity contribution is -0.384. The summed E-state index contributed by atoms with van der Waals surface area (Å²) < 4.78 is 18.5. The zero-order chi connectivity index (χ0) is 22.0. The van der Waals surface area contributed by atoms with Gasteiger partial charge in [-0.1, -0.05) is 28.9 Å². The summed E-state index contributed by atoms with van der Waals surface area (Å²) in [4.78, 5) is 31.1. The molecule has 1 aliphatic rings. The van der Waals surface area contributed by atoms with Gasteiger partial charge in [-0.15, -0.1) is 0 Å². The molecule has 2 aromatic carbocycles. The van der Waals surface area contributed by atoms with E-state index < -0.39 is 10.7 Å². The van der Waals surface area contributed by atoms with Gasteiger partial charge in [0.15, 0.2) is 0 Å². The topological polar surface area (TPSA) is 106 Å². The van der Waals surface area contributed by atoms with Crippen molar-refractivity contribution in [3.8, 4) is 11.4 Å². The Morgan fingerprint density at radius 2 is 1.97 bits per heavy atom. The van der Waals surface area contributed by atoms with Crippen LogP contribution in [0, 0.1) is 15.9 Å². The molecule has 0 radical (unpaired) electrons. The monoisotopic (exact) mass is 445 g/mol. The van der Waals surface area contributed by atoms with Gasteiger partial charge in [0.2, 0.25) is 11.7 Å². The Morgan fingerprint density at radius 1 is 1.19 bits per heavy atom. The molecule has 9 nitrogen and oxygen atoms in total. The van der Waals surface area contributed by atoms with Gasteiger partial charge in [0.05, 0.1) is 22.1 Å². The van der Waals surface area contributed by atoms with E-state index in [0.717, 1.165) is 6.07 Å². The van der Waals surface area contributed by atoms with E-state index in [-0.39, 0.29) is 28.0 Å². The van der Waals surface area contributed by atoms with Crippen LogP contribution in [-0.4, -0.2) is 56.9 Å². The number of nitrogens with zero attached hydrogens (tertiary/aromatic N) is 5. The van der Waals surface area contributed by atoms with Crippen LogP contribution in [0.4, 0.5) is 10.1 Å². The fourth-order valence-corrected chi connectivity index (χ4v) is 3.58. The van der Waals surface area contributed by atoms with Crippen molar-refractivity contribution >= 4 is 23.2 Å². The van der Waals surface area contributed by atoms with E-state index in [1.165, 1.54) is 24.3 Å². The van der Waals surface area contributed by atoms with E-state index in [9.17, 15) is 19.3 Å². The number of piperazine rings is 1. The van der Waals surface area contributed by atoms with Crippen molar-refractivity contribution in [1.82, 2.24) is 19.9 Å². The molecule has 0 unspecified atom stereocenters. The third kappa shape index (κ3) is 4.70. The van der Waals surface area contributed by atoms with E-state index in [1.54, 1.807) is 17.0 Å². The van der Waals surface area contributed by atoms with Crippen molar-refractivity contribution in [2.75, 3.05) is 26.2 Å². The lowest BCUT2D eigenvalue weighted by Gasteiger charge is -2.34. The maximum absolute atomic E-state index is 13.2. The van der Waals surface area contributed by atoms with Crippen molar-refractivity contribution in [3.05, 3.63) is 74.9 Å². The second-order valence-electron chi connectivity index (χ2n) is 7.01. The van der Waals surface area contributed by atoms with Crippen LogP contribution in [0.2, 0.25) is 5.02 Å². The summed E-state index contributed by atoms with van der Waals surface area (Å²) in [7, 11) is 0. The number of carbonyl (C=O) groups excluding carboxylic acids is 1. The van der Waals surface area contributed by atoms with Gasteiger partial charge in [0.25, 0.3) is 11.6 Å². The number of aromatic nitrogens is 2. The van der Waals surface area contributed by atoms with E-state index in [0.29, 0.717) is 44.2 Å². The third-order valence-electron chi connectivity index (χ3n) is 4.96. The molecular formula is C20H17ClFN5O4. The summed E-state index contributed by atoms with van der Waals surface area (Å²) in [6.45, 7) is 2.50. The van der Waals surface area contributed by atoms with Gasteiger partial charge in [-0.3, -0.25) is 19.8 Å². The molecule has 0 atom stereocenters. The lowest BCUT2D eigenvalue weighted by Crippen LogP contribution is -2.48. The summed E-state index contributed by atoms with van der Waals surface area (Å²) in [5.41, 5.74) is 0.719. The number of nitro benzene ring substituents is 1. The number of benzene rings is 2. The molecule has 0 N–H and O–H groups in total. The first-order valence-corrected chi connectivity index (χ1v) is 9.82. The SMILES string of the molecule is O=C(c1ccc(F)cc1Cl)N1CCN(Cc2nc(-c3cccc([N+](=O)[O-])c3)no2)CC1. The molecule has 1 aromatic heterocycles. The molecular weight excluding hydrogens is 429 g/mol. The number of carbonyl (C=O) groups is 1. The molecule has 0 spiro atoms. The van der Waals surface area contributed by atoms with Gasteiger partial charge in [0, 0.05) is 43.9 Å². The number of hydrogen-bond donors (Lipinski definition) is 0. The molecule has 1 saturated heterocycles. The number of halogens is 2. The molecule has 160 valence electrons. The van der Waals surface area contributed by atoms with Gasteiger partial charge in [0.1, 0.15) is 5.82 Å². The fraction of sp³-hybridized carbons (Fsp3) is 0.250. The van der Waals surface area contributed by atoms with Crippen LogP contribution in [-0.2, 0) is 6.54 Å². The normalized spacial score (nSPS) is 14.6. The summed E-state index contributed by atoms with van der Waals surface area (Å²) in [5.74, 6) is -0.0767. The first kappa shape index (κ1) is 20.9. The number of amides is 1. The molecule has 31 heavy (non-hydrogen) atoms. The average Bonchev–Trinajstić information content (AvgIpc) is 3.22. The minimum Gasteiger partial charge on any atom is -0.338 e. The first-order chi connectivity index (χ1) is 14.9. The maximum Gasteiger partial charge on any atom is 0.270 e. The van der Waals surface area contributed by atoms with E-state index in [4.69, 9.17) is 16.1 Å². The Balaban J connectivity index is 1.36. The van der Waals surface area contributed by atoms with Crippen LogP contribution in [0.3, 0.4) is 0 Å². The largest absolute Gasteiger partial charge is 0.338 e. The van der Waals surface area contributed by atoms with Crippen LogP contribution in [0.5, 0.6) is 0 Å². The van der Waals surface area contributed by atoms with Crippen LogP contribution < -0.4 is 0 Å². The van der Waals surface area contributed by atoms with Crippen LogP contribution in [0.1, 0.15) is 16.2 Å². The van der Waals surface area contributed by atoms with Crippen molar-refractivity contribution < 1.29 is 18.6 Å². The molecule has 3 aromatic rings.